The van der Waals surface area contributed by atoms with Crippen LogP contribution in [0.3, 0.4) is 0 Å². The van der Waals surface area contributed by atoms with Crippen molar-refractivity contribution in [1.82, 2.24) is 0 Å². The highest BCUT2D eigenvalue weighted by Crippen LogP contribution is 2.17. The van der Waals surface area contributed by atoms with Gasteiger partial charge in [0.05, 0.1) is 0 Å². The van der Waals surface area contributed by atoms with E-state index in [9.17, 15) is 0 Å². The highest BCUT2D eigenvalue weighted by atomic mass is 28.5. The van der Waals surface area contributed by atoms with E-state index >= 15 is 0 Å². The Hall–Kier alpha value is 0.924. The lowest BCUT2D eigenvalue weighted by Crippen LogP contribution is -2.49. The Morgan fingerprint density at radius 1 is 0.632 bits per heavy atom. The van der Waals surface area contributed by atoms with E-state index in [1.54, 1.807) is 0 Å². The Morgan fingerprint density at radius 2 is 1.05 bits per heavy atom. The van der Waals surface area contributed by atoms with Gasteiger partial charge in [0.1, 0.15) is 0 Å². The Kier molecular flexibility index (Phi) is 7.62. The van der Waals surface area contributed by atoms with Gasteiger partial charge in [-0.1, -0.05) is 0 Å². The van der Waals surface area contributed by atoms with Crippen LogP contribution in [0.2, 0.25) is 65.5 Å². The highest BCUT2D eigenvalue weighted by molar-refractivity contribution is 6.84. The van der Waals surface area contributed by atoms with Crippen LogP contribution in [0.4, 0.5) is 0 Å². The molecule has 4 nitrogen and oxygen atoms in total. The molecule has 0 aromatic rings. The smallest absolute Gasteiger partial charge is 0.312 e. The molecule has 0 N–H and O–H groups in total. The van der Waals surface area contributed by atoms with Crippen LogP contribution in [0.1, 0.15) is 0 Å². The fourth-order valence-corrected chi connectivity index (χ4v) is 19.3. The minimum Gasteiger partial charge on any atom is -0.439 e. The van der Waals surface area contributed by atoms with E-state index < -0.39 is 43.8 Å². The quantitative estimate of drug-likeness (QED) is 0.626. The molecule has 116 valence electrons. The summed E-state index contributed by atoms with van der Waals surface area (Å²) in [5, 5.41) is 0. The van der Waals surface area contributed by atoms with Crippen molar-refractivity contribution in [3.8, 4) is 0 Å². The Morgan fingerprint density at radius 3 is 1.42 bits per heavy atom. The first-order valence-electron chi connectivity index (χ1n) is 6.91. The Labute approximate surface area is 126 Å². The van der Waals surface area contributed by atoms with Crippen molar-refractivity contribution in [2.75, 3.05) is 0 Å². The molecule has 9 heteroatoms. The van der Waals surface area contributed by atoms with Crippen molar-refractivity contribution in [3.63, 3.8) is 0 Å². The molecule has 0 aliphatic heterocycles. The number of hydrogen-bond donors (Lipinski definition) is 0. The largest absolute Gasteiger partial charge is 0.439 e. The molecule has 0 bridgehead atoms. The summed E-state index contributed by atoms with van der Waals surface area (Å²) in [6.07, 6.45) is 0. The molecule has 2 atom stereocenters. The van der Waals surface area contributed by atoms with Gasteiger partial charge in [-0.15, -0.1) is 0 Å². The molecule has 0 amide bonds. The predicted octanol–water partition coefficient (Wildman–Crippen LogP) is 3.13. The van der Waals surface area contributed by atoms with E-state index in [2.05, 4.69) is 65.5 Å². The summed E-state index contributed by atoms with van der Waals surface area (Å²) in [6.45, 7) is 21.6. The third-order valence-electron chi connectivity index (χ3n) is 1.90. The average Bonchev–Trinajstić information content (AvgIpc) is 1.89. The highest BCUT2D eigenvalue weighted by Gasteiger charge is 2.34. The summed E-state index contributed by atoms with van der Waals surface area (Å²) in [5.41, 5.74) is 0. The van der Waals surface area contributed by atoms with Gasteiger partial charge in [0.15, 0.2) is 16.6 Å². The zero-order valence-corrected chi connectivity index (χ0v) is 19.6. The summed E-state index contributed by atoms with van der Waals surface area (Å²) in [5.74, 6) is 0. The van der Waals surface area contributed by atoms with Crippen molar-refractivity contribution in [2.24, 2.45) is 0 Å². The fourth-order valence-electron chi connectivity index (χ4n) is 1.98. The Balaban J connectivity index is 4.26. The third kappa shape index (κ3) is 12.4. The van der Waals surface area contributed by atoms with Gasteiger partial charge in [0, 0.05) is 0 Å². The molecule has 0 aromatic heterocycles. The first-order chi connectivity index (χ1) is 8.20. The fraction of sp³-hybridized carbons (Fsp3) is 1.00. The van der Waals surface area contributed by atoms with Gasteiger partial charge in [-0.2, -0.15) is 0 Å². The number of hydrogen-bond acceptors (Lipinski definition) is 4. The molecule has 0 rings (SSSR count). The summed E-state index contributed by atoms with van der Waals surface area (Å²) in [7, 11) is -8.29. The molecule has 0 fully saturated rings. The second kappa shape index (κ2) is 7.27. The van der Waals surface area contributed by atoms with Gasteiger partial charge in [-0.05, 0) is 65.5 Å². The van der Waals surface area contributed by atoms with Crippen LogP contribution in [0, 0.1) is 0 Å². The van der Waals surface area contributed by atoms with Crippen molar-refractivity contribution >= 4 is 43.8 Å². The van der Waals surface area contributed by atoms with Gasteiger partial charge in [-0.25, -0.2) is 0 Å². The molecule has 0 aromatic carbocycles. The molecular formula is C10H32O4Si5. The maximum absolute atomic E-state index is 6.17. The van der Waals surface area contributed by atoms with E-state index in [0.717, 1.165) is 0 Å². The summed E-state index contributed by atoms with van der Waals surface area (Å²) in [4.78, 5) is 0. The molecule has 2 unspecified atom stereocenters. The summed E-state index contributed by atoms with van der Waals surface area (Å²) >= 11 is 0. The van der Waals surface area contributed by atoms with Gasteiger partial charge in [0.25, 0.3) is 18.6 Å². The van der Waals surface area contributed by atoms with E-state index in [1.165, 1.54) is 0 Å². The van der Waals surface area contributed by atoms with Crippen molar-refractivity contribution in [3.05, 3.63) is 0 Å². The summed E-state index contributed by atoms with van der Waals surface area (Å²) in [6, 6.07) is 0. The maximum atomic E-state index is 6.17. The van der Waals surface area contributed by atoms with Crippen molar-refractivity contribution < 1.29 is 16.5 Å². The van der Waals surface area contributed by atoms with Gasteiger partial charge in [-0.3, -0.25) is 0 Å². The topological polar surface area (TPSA) is 36.9 Å². The molecular weight excluding hydrogens is 325 g/mol. The van der Waals surface area contributed by atoms with Gasteiger partial charge in [0.2, 0.25) is 0 Å². The normalized spacial score (nSPS) is 17.4. The second-order valence-corrected chi connectivity index (χ2v) is 24.5. The minimum absolute atomic E-state index is 1.49. The molecule has 0 aliphatic carbocycles. The standard InChI is InChI=1S/C10H32O4Si5/c1-15(12-17(3,4)5)11-16(2)13-19(9,10)14-18(6,7)8/h15-16H,1-10H3. The van der Waals surface area contributed by atoms with E-state index in [4.69, 9.17) is 16.5 Å². The van der Waals surface area contributed by atoms with Crippen molar-refractivity contribution in [1.29, 1.82) is 0 Å². The summed E-state index contributed by atoms with van der Waals surface area (Å²) < 4.78 is 24.3. The van der Waals surface area contributed by atoms with E-state index in [0.29, 0.717) is 0 Å². The zero-order chi connectivity index (χ0) is 15.5. The molecule has 0 heterocycles. The minimum atomic E-state index is -2.05. The molecule has 0 radical (unpaired) electrons. The second-order valence-electron chi connectivity index (χ2n) is 7.23. The SMILES string of the molecule is C[SiH](O[SiH](C)O[Si](C)(C)O[Si](C)(C)C)O[Si](C)(C)C. The zero-order valence-electron chi connectivity index (χ0n) is 14.3. The first-order valence-corrected chi connectivity index (χ1v) is 20.7. The van der Waals surface area contributed by atoms with Gasteiger partial charge >= 0.3 is 8.56 Å². The van der Waals surface area contributed by atoms with Crippen LogP contribution in [-0.4, -0.2) is 43.8 Å². The van der Waals surface area contributed by atoms with Crippen LogP contribution in [0.15, 0.2) is 0 Å². The lowest BCUT2D eigenvalue weighted by molar-refractivity contribution is 0.333. The molecule has 0 spiro atoms. The van der Waals surface area contributed by atoms with Gasteiger partial charge < -0.3 is 16.5 Å². The van der Waals surface area contributed by atoms with E-state index in [1.807, 2.05) is 0 Å². The van der Waals surface area contributed by atoms with E-state index in [-0.39, 0.29) is 0 Å². The molecule has 0 aliphatic rings. The van der Waals surface area contributed by atoms with Crippen LogP contribution < -0.4 is 0 Å². The lowest BCUT2D eigenvalue weighted by Gasteiger charge is -2.34. The van der Waals surface area contributed by atoms with Crippen LogP contribution in [-0.2, 0) is 16.5 Å². The monoisotopic (exact) mass is 356 g/mol. The van der Waals surface area contributed by atoms with Crippen LogP contribution in [0.5, 0.6) is 0 Å². The third-order valence-corrected chi connectivity index (χ3v) is 17.1. The van der Waals surface area contributed by atoms with Crippen LogP contribution >= 0.6 is 0 Å². The number of rotatable bonds is 8. The van der Waals surface area contributed by atoms with Crippen molar-refractivity contribution in [2.45, 2.75) is 65.5 Å². The van der Waals surface area contributed by atoms with Crippen LogP contribution in [0.25, 0.3) is 0 Å². The Bertz CT molecular complexity index is 274. The average molecular weight is 357 g/mol. The maximum Gasteiger partial charge on any atom is 0.312 e. The predicted molar refractivity (Wildman–Crippen MR) is 94.5 cm³/mol. The lowest BCUT2D eigenvalue weighted by atomic mass is 11.8. The molecule has 0 saturated carbocycles. The molecule has 19 heavy (non-hydrogen) atoms. The molecule has 0 saturated heterocycles. The first kappa shape index (κ1) is 19.9.